The second-order valence-electron chi connectivity index (χ2n) is 22.7. The van der Waals surface area contributed by atoms with E-state index in [2.05, 4.69) is 81.5 Å². The molecule has 1 unspecified atom stereocenters. The van der Waals surface area contributed by atoms with E-state index in [1.54, 1.807) is 0 Å². The molecule has 0 spiro atoms. The fourth-order valence-electron chi connectivity index (χ4n) is 9.89. The Morgan fingerprint density at radius 2 is 0.468 bits per heavy atom. The number of hydrogen-bond donors (Lipinski definition) is 0. The monoisotopic (exact) mass is 1080 g/mol. The normalized spacial score (nSPS) is 12.4. The van der Waals surface area contributed by atoms with Crippen LogP contribution in [-0.4, -0.2) is 37.2 Å². The molecule has 0 aliphatic heterocycles. The van der Waals surface area contributed by atoms with Crippen LogP contribution >= 0.6 is 0 Å². The SMILES string of the molecule is CCCCCCC/C=C\C/C=C\C/C=C\CCCCCCCCCCC(=O)OC(COC(=O)CCCCCCCCC)COC(=O)CCCCCCCCCCCCCCCCCCC/C=C\C/C=C\CCCCCCC. The van der Waals surface area contributed by atoms with Crippen LogP contribution in [0.15, 0.2) is 60.8 Å². The number of ether oxygens (including phenoxy) is 3. The zero-order valence-electron chi connectivity index (χ0n) is 51.5. The van der Waals surface area contributed by atoms with Crippen molar-refractivity contribution in [3.63, 3.8) is 0 Å². The summed E-state index contributed by atoms with van der Waals surface area (Å²) in [7, 11) is 0. The Morgan fingerprint density at radius 3 is 0.727 bits per heavy atom. The first kappa shape index (κ1) is 74.1. The molecule has 0 aliphatic carbocycles. The largest absolute Gasteiger partial charge is 0.462 e. The average molecular weight is 1080 g/mol. The van der Waals surface area contributed by atoms with Gasteiger partial charge in [-0.15, -0.1) is 0 Å². The van der Waals surface area contributed by atoms with Crippen molar-refractivity contribution >= 4 is 17.9 Å². The summed E-state index contributed by atoms with van der Waals surface area (Å²) in [6.07, 6.45) is 84.1. The van der Waals surface area contributed by atoms with E-state index >= 15 is 0 Å². The van der Waals surface area contributed by atoms with Crippen LogP contribution in [0, 0.1) is 0 Å². The lowest BCUT2D eigenvalue weighted by Crippen LogP contribution is -2.30. The summed E-state index contributed by atoms with van der Waals surface area (Å²) in [5, 5.41) is 0. The van der Waals surface area contributed by atoms with Gasteiger partial charge in [-0.25, -0.2) is 0 Å². The molecule has 77 heavy (non-hydrogen) atoms. The predicted molar refractivity (Wildman–Crippen MR) is 335 cm³/mol. The molecule has 0 fully saturated rings. The van der Waals surface area contributed by atoms with Crippen molar-refractivity contribution in [2.75, 3.05) is 13.2 Å². The van der Waals surface area contributed by atoms with Gasteiger partial charge in [-0.3, -0.25) is 14.4 Å². The van der Waals surface area contributed by atoms with Crippen LogP contribution in [0.4, 0.5) is 0 Å². The van der Waals surface area contributed by atoms with Crippen molar-refractivity contribution in [3.8, 4) is 0 Å². The first-order valence-corrected chi connectivity index (χ1v) is 33.8. The fourth-order valence-corrected chi connectivity index (χ4v) is 9.89. The third-order valence-corrected chi connectivity index (χ3v) is 15.0. The van der Waals surface area contributed by atoms with Gasteiger partial charge >= 0.3 is 17.9 Å². The van der Waals surface area contributed by atoms with Crippen molar-refractivity contribution < 1.29 is 28.6 Å². The van der Waals surface area contributed by atoms with E-state index < -0.39 is 6.10 Å². The van der Waals surface area contributed by atoms with Gasteiger partial charge in [0.15, 0.2) is 6.10 Å². The Hall–Kier alpha value is -2.89. The van der Waals surface area contributed by atoms with E-state index in [1.807, 2.05) is 0 Å². The summed E-state index contributed by atoms with van der Waals surface area (Å²) in [6.45, 7) is 6.61. The zero-order chi connectivity index (χ0) is 55.7. The number of esters is 3. The van der Waals surface area contributed by atoms with Crippen LogP contribution in [0.25, 0.3) is 0 Å². The van der Waals surface area contributed by atoms with Gasteiger partial charge in [0.1, 0.15) is 13.2 Å². The molecule has 0 amide bonds. The summed E-state index contributed by atoms with van der Waals surface area (Å²) in [4.78, 5) is 38.1. The topological polar surface area (TPSA) is 78.9 Å². The van der Waals surface area contributed by atoms with Crippen LogP contribution < -0.4 is 0 Å². The molecule has 0 aromatic carbocycles. The van der Waals surface area contributed by atoms with Crippen LogP contribution in [0.1, 0.15) is 355 Å². The first-order valence-electron chi connectivity index (χ1n) is 33.8. The highest BCUT2D eigenvalue weighted by Gasteiger charge is 2.19. The minimum absolute atomic E-state index is 0.0738. The molecular formula is C71H128O6. The third kappa shape index (κ3) is 63.8. The van der Waals surface area contributed by atoms with Crippen LogP contribution in [0.3, 0.4) is 0 Å². The standard InChI is InChI=1S/C71H128O6/c1-4-7-10-13-16-18-20-22-24-26-28-30-32-33-34-35-36-37-39-40-42-44-46-48-50-52-55-58-61-64-70(73)76-67-68(66-75-69(72)63-60-57-54-15-12-9-6-3)77-71(74)65-62-59-56-53-51-49-47-45-43-41-38-31-29-27-25-23-21-19-17-14-11-8-5-2/h20-23,26-29,38,41,68H,4-19,24-25,30-37,39-40,42-67H2,1-3H3/b22-20-,23-21-,28-26-,29-27-,41-38-. The molecule has 0 bridgehead atoms. The minimum Gasteiger partial charge on any atom is -0.462 e. The van der Waals surface area contributed by atoms with Gasteiger partial charge in [-0.1, -0.05) is 306 Å². The molecule has 0 aromatic heterocycles. The lowest BCUT2D eigenvalue weighted by molar-refractivity contribution is -0.167. The number of unbranched alkanes of at least 4 members (excludes halogenated alkanes) is 41. The third-order valence-electron chi connectivity index (χ3n) is 15.0. The van der Waals surface area contributed by atoms with Crippen LogP contribution in [0.5, 0.6) is 0 Å². The Kier molecular flexibility index (Phi) is 63.2. The Morgan fingerprint density at radius 1 is 0.260 bits per heavy atom. The molecule has 6 nitrogen and oxygen atoms in total. The van der Waals surface area contributed by atoms with Crippen molar-refractivity contribution in [2.45, 2.75) is 361 Å². The molecule has 0 saturated carbocycles. The average Bonchev–Trinajstić information content (AvgIpc) is 3.43. The van der Waals surface area contributed by atoms with Crippen molar-refractivity contribution in [2.24, 2.45) is 0 Å². The maximum absolute atomic E-state index is 12.9. The molecule has 0 N–H and O–H groups in total. The highest BCUT2D eigenvalue weighted by molar-refractivity contribution is 5.71. The van der Waals surface area contributed by atoms with Crippen molar-refractivity contribution in [1.29, 1.82) is 0 Å². The lowest BCUT2D eigenvalue weighted by Gasteiger charge is -2.18. The molecule has 0 rings (SSSR count). The maximum Gasteiger partial charge on any atom is 0.306 e. The highest BCUT2D eigenvalue weighted by atomic mass is 16.6. The van der Waals surface area contributed by atoms with Gasteiger partial charge in [0.2, 0.25) is 0 Å². The summed E-state index contributed by atoms with van der Waals surface area (Å²) in [5.41, 5.74) is 0. The summed E-state index contributed by atoms with van der Waals surface area (Å²) >= 11 is 0. The van der Waals surface area contributed by atoms with E-state index in [-0.39, 0.29) is 31.1 Å². The van der Waals surface area contributed by atoms with Crippen LogP contribution in [-0.2, 0) is 28.6 Å². The molecule has 0 heterocycles. The Labute approximate surface area is 479 Å². The summed E-state index contributed by atoms with van der Waals surface area (Å²) in [5.74, 6) is -0.870. The van der Waals surface area contributed by atoms with Gasteiger partial charge in [0.25, 0.3) is 0 Å². The summed E-state index contributed by atoms with van der Waals surface area (Å²) in [6, 6.07) is 0. The van der Waals surface area contributed by atoms with E-state index in [0.29, 0.717) is 19.3 Å². The van der Waals surface area contributed by atoms with E-state index in [9.17, 15) is 14.4 Å². The molecule has 0 saturated heterocycles. The summed E-state index contributed by atoms with van der Waals surface area (Å²) < 4.78 is 16.9. The lowest BCUT2D eigenvalue weighted by atomic mass is 10.0. The van der Waals surface area contributed by atoms with E-state index in [1.165, 1.54) is 231 Å². The van der Waals surface area contributed by atoms with Crippen molar-refractivity contribution in [3.05, 3.63) is 60.8 Å². The molecule has 0 radical (unpaired) electrons. The number of rotatable bonds is 62. The Balaban J connectivity index is 4.08. The van der Waals surface area contributed by atoms with Gasteiger partial charge in [-0.2, -0.15) is 0 Å². The van der Waals surface area contributed by atoms with E-state index in [4.69, 9.17) is 14.2 Å². The molecule has 1 atom stereocenters. The van der Waals surface area contributed by atoms with Gasteiger partial charge in [0.05, 0.1) is 0 Å². The zero-order valence-corrected chi connectivity index (χ0v) is 51.5. The Bertz CT molecular complexity index is 1380. The van der Waals surface area contributed by atoms with Crippen molar-refractivity contribution in [1.82, 2.24) is 0 Å². The van der Waals surface area contributed by atoms with Gasteiger partial charge < -0.3 is 14.2 Å². The fraction of sp³-hybridized carbons (Fsp3) is 0.817. The maximum atomic E-state index is 12.9. The second kappa shape index (κ2) is 65.6. The minimum atomic E-state index is -0.775. The van der Waals surface area contributed by atoms with Gasteiger partial charge in [-0.05, 0) is 89.9 Å². The second-order valence-corrected chi connectivity index (χ2v) is 22.7. The van der Waals surface area contributed by atoms with Gasteiger partial charge in [0, 0.05) is 19.3 Å². The molecular weight excluding hydrogens is 949 g/mol. The van der Waals surface area contributed by atoms with Crippen LogP contribution in [0.2, 0.25) is 0 Å². The number of hydrogen-bond acceptors (Lipinski definition) is 6. The number of carbonyl (C=O) groups is 3. The molecule has 0 aromatic rings. The predicted octanol–water partition coefficient (Wildman–Crippen LogP) is 23.1. The number of allylic oxidation sites excluding steroid dienone is 10. The molecule has 6 heteroatoms. The van der Waals surface area contributed by atoms with E-state index in [0.717, 1.165) is 83.5 Å². The number of carbonyl (C=O) groups excluding carboxylic acids is 3. The smallest absolute Gasteiger partial charge is 0.306 e. The first-order chi connectivity index (χ1) is 38.0. The highest BCUT2D eigenvalue weighted by Crippen LogP contribution is 2.17. The molecule has 0 aliphatic rings. The molecule has 448 valence electrons. The quantitative estimate of drug-likeness (QED) is 0.0261.